The lowest BCUT2D eigenvalue weighted by molar-refractivity contribution is 0.138. The number of aliphatic hydroxyl groups is 1. The van der Waals surface area contributed by atoms with Crippen LogP contribution in [0.3, 0.4) is 0 Å². The van der Waals surface area contributed by atoms with Crippen molar-refractivity contribution in [1.29, 1.82) is 0 Å². The molecule has 1 atom stereocenters. The SMILES string of the molecule is CCCCCCCCCCCCCCCCOP(=O)(O)OCNCCCCCCO. The molecule has 0 rings (SSSR count). The highest BCUT2D eigenvalue weighted by Gasteiger charge is 2.19. The van der Waals surface area contributed by atoms with Gasteiger partial charge < -0.3 is 10.00 Å². The summed E-state index contributed by atoms with van der Waals surface area (Å²) in [7, 11) is -3.94. The van der Waals surface area contributed by atoms with Crippen LogP contribution in [0.2, 0.25) is 0 Å². The van der Waals surface area contributed by atoms with Crippen LogP contribution < -0.4 is 5.32 Å². The van der Waals surface area contributed by atoms with E-state index in [-0.39, 0.29) is 19.9 Å². The smallest absolute Gasteiger partial charge is 0.396 e. The predicted molar refractivity (Wildman–Crippen MR) is 126 cm³/mol. The van der Waals surface area contributed by atoms with Crippen LogP contribution in [0.4, 0.5) is 0 Å². The van der Waals surface area contributed by atoms with Gasteiger partial charge in [0, 0.05) is 6.61 Å². The van der Waals surface area contributed by atoms with E-state index < -0.39 is 7.82 Å². The van der Waals surface area contributed by atoms with Gasteiger partial charge in [-0.3, -0.25) is 14.4 Å². The number of hydrogen-bond donors (Lipinski definition) is 3. The van der Waals surface area contributed by atoms with Gasteiger partial charge in [-0.15, -0.1) is 0 Å². The molecule has 0 saturated carbocycles. The molecule has 0 aromatic heterocycles. The number of phosphoric ester groups is 1. The van der Waals surface area contributed by atoms with Gasteiger partial charge in [0.2, 0.25) is 0 Å². The van der Waals surface area contributed by atoms with Gasteiger partial charge in [0.05, 0.1) is 6.61 Å². The number of unbranched alkanes of at least 4 members (excludes halogenated alkanes) is 16. The Labute approximate surface area is 186 Å². The summed E-state index contributed by atoms with van der Waals surface area (Å²) >= 11 is 0. The summed E-state index contributed by atoms with van der Waals surface area (Å²) in [5.74, 6) is 0. The van der Waals surface area contributed by atoms with Crippen LogP contribution in [-0.2, 0) is 13.6 Å². The number of rotatable bonds is 25. The van der Waals surface area contributed by atoms with E-state index in [1.807, 2.05) is 0 Å². The summed E-state index contributed by atoms with van der Waals surface area (Å²) in [5.41, 5.74) is 0. The largest absolute Gasteiger partial charge is 0.473 e. The Hall–Kier alpha value is 0.0300. The zero-order chi connectivity index (χ0) is 22.2. The van der Waals surface area contributed by atoms with Crippen LogP contribution in [0, 0.1) is 0 Å². The molecule has 0 spiro atoms. The highest BCUT2D eigenvalue weighted by Crippen LogP contribution is 2.42. The lowest BCUT2D eigenvalue weighted by Crippen LogP contribution is -2.18. The molecule has 0 fully saturated rings. The summed E-state index contributed by atoms with van der Waals surface area (Å²) in [6, 6.07) is 0. The molecule has 1 unspecified atom stereocenters. The summed E-state index contributed by atoms with van der Waals surface area (Å²) in [4.78, 5) is 9.63. The molecule has 7 heteroatoms. The van der Waals surface area contributed by atoms with Gasteiger partial charge >= 0.3 is 7.82 Å². The van der Waals surface area contributed by atoms with E-state index in [2.05, 4.69) is 12.2 Å². The average molecular weight is 452 g/mol. The van der Waals surface area contributed by atoms with Crippen LogP contribution in [0.1, 0.15) is 122 Å². The van der Waals surface area contributed by atoms with Gasteiger partial charge in [0.25, 0.3) is 0 Å². The van der Waals surface area contributed by atoms with E-state index in [9.17, 15) is 9.46 Å². The molecular weight excluding hydrogens is 401 g/mol. The fraction of sp³-hybridized carbons (Fsp3) is 1.00. The molecule has 0 bridgehead atoms. The third kappa shape index (κ3) is 24.3. The van der Waals surface area contributed by atoms with Crippen LogP contribution in [0.5, 0.6) is 0 Å². The zero-order valence-corrected chi connectivity index (χ0v) is 20.5. The van der Waals surface area contributed by atoms with Gasteiger partial charge in [-0.25, -0.2) is 4.57 Å². The Kier molecular flexibility index (Phi) is 23.7. The Morgan fingerprint density at radius 3 is 1.67 bits per heavy atom. The number of hydrogen-bond acceptors (Lipinski definition) is 5. The van der Waals surface area contributed by atoms with Crippen molar-refractivity contribution >= 4 is 7.82 Å². The fourth-order valence-electron chi connectivity index (χ4n) is 3.43. The molecular formula is C23H50NO5P. The quantitative estimate of drug-likeness (QED) is 0.0813. The molecule has 0 aliphatic rings. The Morgan fingerprint density at radius 1 is 0.667 bits per heavy atom. The molecule has 0 amide bonds. The van der Waals surface area contributed by atoms with Gasteiger partial charge in [0.15, 0.2) is 0 Å². The van der Waals surface area contributed by atoms with Gasteiger partial charge in [-0.1, -0.05) is 103 Å². The average Bonchev–Trinajstić information content (AvgIpc) is 2.72. The lowest BCUT2D eigenvalue weighted by Gasteiger charge is -2.12. The second kappa shape index (κ2) is 23.7. The first-order valence-corrected chi connectivity index (χ1v) is 14.1. The van der Waals surface area contributed by atoms with E-state index in [1.54, 1.807) is 0 Å². The van der Waals surface area contributed by atoms with Crippen LogP contribution in [-0.4, -0.2) is 36.5 Å². The first kappa shape index (κ1) is 30.0. The standard InChI is InChI=1S/C23H50NO5P/c1-2-3-4-5-6-7-8-9-10-11-12-13-16-19-22-28-30(26,27)29-23-24-20-17-14-15-18-21-25/h24-25H,2-23H2,1H3,(H,26,27). The van der Waals surface area contributed by atoms with Crippen LogP contribution >= 0.6 is 7.82 Å². The van der Waals surface area contributed by atoms with Crippen molar-refractivity contribution in [2.75, 3.05) is 26.5 Å². The first-order chi connectivity index (χ1) is 14.6. The van der Waals surface area contributed by atoms with Crippen molar-refractivity contribution in [2.45, 2.75) is 122 Å². The summed E-state index contributed by atoms with van der Waals surface area (Å²) in [5, 5.41) is 11.7. The van der Waals surface area contributed by atoms with Crippen molar-refractivity contribution in [1.82, 2.24) is 5.32 Å². The molecule has 6 nitrogen and oxygen atoms in total. The van der Waals surface area contributed by atoms with E-state index >= 15 is 0 Å². The molecule has 0 aromatic carbocycles. The third-order valence-electron chi connectivity index (χ3n) is 5.34. The normalized spacial score (nSPS) is 13.6. The molecule has 30 heavy (non-hydrogen) atoms. The van der Waals surface area contributed by atoms with Gasteiger partial charge in [0.1, 0.15) is 6.73 Å². The third-order valence-corrected chi connectivity index (χ3v) is 6.31. The molecule has 0 aliphatic carbocycles. The minimum atomic E-state index is -3.94. The van der Waals surface area contributed by atoms with Crippen molar-refractivity contribution in [3.05, 3.63) is 0 Å². The number of phosphoric acid groups is 1. The minimum absolute atomic E-state index is 0.0204. The highest BCUT2D eigenvalue weighted by atomic mass is 31.2. The minimum Gasteiger partial charge on any atom is -0.396 e. The number of aliphatic hydroxyl groups excluding tert-OH is 1. The maximum atomic E-state index is 11.8. The van der Waals surface area contributed by atoms with Crippen molar-refractivity contribution in [3.63, 3.8) is 0 Å². The highest BCUT2D eigenvalue weighted by molar-refractivity contribution is 7.47. The molecule has 0 saturated heterocycles. The second-order valence-corrected chi connectivity index (χ2v) is 9.76. The zero-order valence-electron chi connectivity index (χ0n) is 19.6. The monoisotopic (exact) mass is 451 g/mol. The molecule has 0 radical (unpaired) electrons. The molecule has 0 heterocycles. The van der Waals surface area contributed by atoms with Gasteiger partial charge in [-0.2, -0.15) is 0 Å². The summed E-state index contributed by atoms with van der Waals surface area (Å²) in [6.45, 7) is 3.52. The maximum Gasteiger partial charge on any atom is 0.473 e. The molecule has 182 valence electrons. The predicted octanol–water partition coefficient (Wildman–Crippen LogP) is 6.70. The van der Waals surface area contributed by atoms with Crippen molar-refractivity contribution in [2.24, 2.45) is 0 Å². The first-order valence-electron chi connectivity index (χ1n) is 12.6. The van der Waals surface area contributed by atoms with Crippen molar-refractivity contribution in [3.8, 4) is 0 Å². The Morgan fingerprint density at radius 2 is 1.13 bits per heavy atom. The second-order valence-electron chi connectivity index (χ2n) is 8.31. The molecule has 0 aliphatic heterocycles. The van der Waals surface area contributed by atoms with E-state index in [0.29, 0.717) is 0 Å². The van der Waals surface area contributed by atoms with Crippen molar-refractivity contribution < 1.29 is 23.6 Å². The van der Waals surface area contributed by atoms with E-state index in [4.69, 9.17) is 14.2 Å². The maximum absolute atomic E-state index is 11.8. The summed E-state index contributed by atoms with van der Waals surface area (Å²) in [6.07, 6.45) is 21.7. The van der Waals surface area contributed by atoms with Gasteiger partial charge in [-0.05, 0) is 25.8 Å². The Balaban J connectivity index is 3.27. The van der Waals surface area contributed by atoms with Crippen LogP contribution in [0.25, 0.3) is 0 Å². The van der Waals surface area contributed by atoms with Crippen LogP contribution in [0.15, 0.2) is 0 Å². The van der Waals surface area contributed by atoms with E-state index in [1.165, 1.54) is 70.6 Å². The summed E-state index contributed by atoms with van der Waals surface area (Å²) < 4.78 is 21.7. The molecule has 3 N–H and O–H groups in total. The van der Waals surface area contributed by atoms with E-state index in [0.717, 1.165) is 51.5 Å². The fourth-order valence-corrected chi connectivity index (χ4v) is 4.12. The molecule has 0 aromatic rings. The Bertz CT molecular complexity index is 385. The lowest BCUT2D eigenvalue weighted by atomic mass is 10.0. The topological polar surface area (TPSA) is 88.0 Å². The number of nitrogens with one attached hydrogen (secondary N) is 1.